The summed E-state index contributed by atoms with van der Waals surface area (Å²) in [6.45, 7) is 6.34. The first-order valence-electron chi connectivity index (χ1n) is 6.55. The standard InChI is InChI=1S/C14H19BrN4/c1-18(9-10-19-7-5-17-6-8-19)14-4-2-3-13(15)12(14)11-16/h2-4,17H,5-10H2,1H3. The van der Waals surface area contributed by atoms with Crippen molar-refractivity contribution in [3.63, 3.8) is 0 Å². The number of nitrogens with one attached hydrogen (secondary N) is 1. The second-order valence-electron chi connectivity index (χ2n) is 4.76. The average molecular weight is 323 g/mol. The average Bonchev–Trinajstić information content (AvgIpc) is 2.45. The zero-order valence-electron chi connectivity index (χ0n) is 11.2. The predicted molar refractivity (Wildman–Crippen MR) is 81.4 cm³/mol. The summed E-state index contributed by atoms with van der Waals surface area (Å²) in [4.78, 5) is 4.61. The molecule has 1 aliphatic rings. The minimum absolute atomic E-state index is 0.713. The third kappa shape index (κ3) is 3.69. The highest BCUT2D eigenvalue weighted by molar-refractivity contribution is 9.10. The molecule has 0 atom stereocenters. The maximum atomic E-state index is 9.24. The number of likely N-dealkylation sites (N-methyl/N-ethyl adjacent to an activating group) is 1. The van der Waals surface area contributed by atoms with Crippen LogP contribution in [0.25, 0.3) is 0 Å². The fraction of sp³-hybridized carbons (Fsp3) is 0.500. The molecule has 0 radical (unpaired) electrons. The van der Waals surface area contributed by atoms with Crippen LogP contribution >= 0.6 is 15.9 Å². The van der Waals surface area contributed by atoms with E-state index in [1.807, 2.05) is 25.2 Å². The molecular weight excluding hydrogens is 304 g/mol. The largest absolute Gasteiger partial charge is 0.372 e. The SMILES string of the molecule is CN(CCN1CCNCC1)c1cccc(Br)c1C#N. The fourth-order valence-corrected chi connectivity index (χ4v) is 2.73. The molecule has 19 heavy (non-hydrogen) atoms. The van der Waals surface area contributed by atoms with Gasteiger partial charge in [0.15, 0.2) is 0 Å². The molecule has 4 nitrogen and oxygen atoms in total. The Kier molecular flexibility index (Phi) is 5.20. The van der Waals surface area contributed by atoms with Gasteiger partial charge < -0.3 is 10.2 Å². The highest BCUT2D eigenvalue weighted by atomic mass is 79.9. The van der Waals surface area contributed by atoms with E-state index in [1.54, 1.807) is 0 Å². The summed E-state index contributed by atoms with van der Waals surface area (Å²) in [5, 5.41) is 12.6. The van der Waals surface area contributed by atoms with Crippen molar-refractivity contribution < 1.29 is 0 Å². The molecule has 0 aliphatic carbocycles. The van der Waals surface area contributed by atoms with Crippen molar-refractivity contribution in [1.29, 1.82) is 5.26 Å². The number of rotatable bonds is 4. The summed E-state index contributed by atoms with van der Waals surface area (Å²) >= 11 is 3.44. The second-order valence-corrected chi connectivity index (χ2v) is 5.61. The van der Waals surface area contributed by atoms with Crippen molar-refractivity contribution in [2.75, 3.05) is 51.2 Å². The zero-order valence-corrected chi connectivity index (χ0v) is 12.8. The van der Waals surface area contributed by atoms with Crippen LogP contribution in [-0.4, -0.2) is 51.2 Å². The first kappa shape index (κ1) is 14.3. The zero-order chi connectivity index (χ0) is 13.7. The van der Waals surface area contributed by atoms with Gasteiger partial charge in [-0.05, 0) is 28.1 Å². The number of anilines is 1. The van der Waals surface area contributed by atoms with Crippen LogP contribution in [0.5, 0.6) is 0 Å². The Bertz CT molecular complexity index is 463. The molecule has 0 bridgehead atoms. The van der Waals surface area contributed by atoms with Crippen LogP contribution in [0.1, 0.15) is 5.56 Å². The number of piperazine rings is 1. The summed E-state index contributed by atoms with van der Waals surface area (Å²) in [6.07, 6.45) is 0. The maximum Gasteiger partial charge on any atom is 0.103 e. The summed E-state index contributed by atoms with van der Waals surface area (Å²) < 4.78 is 0.863. The number of benzene rings is 1. The Morgan fingerprint density at radius 1 is 1.42 bits per heavy atom. The number of hydrogen-bond acceptors (Lipinski definition) is 4. The van der Waals surface area contributed by atoms with E-state index in [0.717, 1.165) is 49.4 Å². The highest BCUT2D eigenvalue weighted by Crippen LogP contribution is 2.26. The minimum atomic E-state index is 0.713. The monoisotopic (exact) mass is 322 g/mol. The lowest BCUT2D eigenvalue weighted by molar-refractivity contribution is 0.246. The molecule has 1 N–H and O–H groups in total. The van der Waals surface area contributed by atoms with Gasteiger partial charge in [0.2, 0.25) is 0 Å². The second kappa shape index (κ2) is 6.90. The third-order valence-electron chi connectivity index (χ3n) is 3.48. The molecule has 1 heterocycles. The van der Waals surface area contributed by atoms with Crippen LogP contribution in [0.3, 0.4) is 0 Å². The highest BCUT2D eigenvalue weighted by Gasteiger charge is 2.13. The van der Waals surface area contributed by atoms with E-state index >= 15 is 0 Å². The van der Waals surface area contributed by atoms with E-state index in [2.05, 4.69) is 37.1 Å². The van der Waals surface area contributed by atoms with Crippen LogP contribution in [0, 0.1) is 11.3 Å². The van der Waals surface area contributed by atoms with Gasteiger partial charge in [-0.15, -0.1) is 0 Å². The molecule has 2 rings (SSSR count). The van der Waals surface area contributed by atoms with Gasteiger partial charge in [-0.2, -0.15) is 5.26 Å². The van der Waals surface area contributed by atoms with Crippen molar-refractivity contribution in [3.8, 4) is 6.07 Å². The molecule has 0 aromatic heterocycles. The molecular formula is C14H19BrN4. The van der Waals surface area contributed by atoms with E-state index in [4.69, 9.17) is 0 Å². The lowest BCUT2D eigenvalue weighted by atomic mass is 10.2. The lowest BCUT2D eigenvalue weighted by Gasteiger charge is -2.30. The Labute approximate surface area is 123 Å². The smallest absolute Gasteiger partial charge is 0.103 e. The van der Waals surface area contributed by atoms with Gasteiger partial charge in [-0.25, -0.2) is 0 Å². The first-order chi connectivity index (χ1) is 9.22. The number of nitrogens with zero attached hydrogens (tertiary/aromatic N) is 3. The van der Waals surface area contributed by atoms with Gasteiger partial charge in [0, 0.05) is 50.8 Å². The molecule has 1 aliphatic heterocycles. The predicted octanol–water partition coefficient (Wildman–Crippen LogP) is 1.66. The van der Waals surface area contributed by atoms with Crippen molar-refractivity contribution in [3.05, 3.63) is 28.2 Å². The molecule has 1 saturated heterocycles. The van der Waals surface area contributed by atoms with Gasteiger partial charge >= 0.3 is 0 Å². The summed E-state index contributed by atoms with van der Waals surface area (Å²) in [6, 6.07) is 8.15. The quantitative estimate of drug-likeness (QED) is 0.915. The normalized spacial score (nSPS) is 16.1. The van der Waals surface area contributed by atoms with E-state index in [0.29, 0.717) is 5.56 Å². The Morgan fingerprint density at radius 2 is 2.16 bits per heavy atom. The fourth-order valence-electron chi connectivity index (χ4n) is 2.29. The molecule has 0 spiro atoms. The van der Waals surface area contributed by atoms with Gasteiger partial charge in [-0.3, -0.25) is 4.90 Å². The van der Waals surface area contributed by atoms with Crippen LogP contribution in [0.15, 0.2) is 22.7 Å². The Morgan fingerprint density at radius 3 is 2.84 bits per heavy atom. The summed E-state index contributed by atoms with van der Waals surface area (Å²) in [5.41, 5.74) is 1.71. The minimum Gasteiger partial charge on any atom is -0.372 e. The van der Waals surface area contributed by atoms with Crippen LogP contribution in [-0.2, 0) is 0 Å². The van der Waals surface area contributed by atoms with Gasteiger partial charge in [0.1, 0.15) is 6.07 Å². The first-order valence-corrected chi connectivity index (χ1v) is 7.34. The van der Waals surface area contributed by atoms with Gasteiger partial charge in [0.05, 0.1) is 11.3 Å². The van der Waals surface area contributed by atoms with Crippen molar-refractivity contribution >= 4 is 21.6 Å². The number of halogens is 1. The van der Waals surface area contributed by atoms with E-state index in [9.17, 15) is 5.26 Å². The Hall–Kier alpha value is -1.09. The van der Waals surface area contributed by atoms with Gasteiger partial charge in [0.25, 0.3) is 0 Å². The molecule has 0 saturated carbocycles. The van der Waals surface area contributed by atoms with E-state index in [1.165, 1.54) is 0 Å². The van der Waals surface area contributed by atoms with Crippen molar-refractivity contribution in [2.24, 2.45) is 0 Å². The van der Waals surface area contributed by atoms with E-state index in [-0.39, 0.29) is 0 Å². The molecule has 1 fully saturated rings. The summed E-state index contributed by atoms with van der Waals surface area (Å²) in [5.74, 6) is 0. The topological polar surface area (TPSA) is 42.3 Å². The number of hydrogen-bond donors (Lipinski definition) is 1. The molecule has 5 heteroatoms. The van der Waals surface area contributed by atoms with Crippen molar-refractivity contribution in [1.82, 2.24) is 10.2 Å². The van der Waals surface area contributed by atoms with E-state index < -0.39 is 0 Å². The lowest BCUT2D eigenvalue weighted by Crippen LogP contribution is -2.46. The van der Waals surface area contributed by atoms with Gasteiger partial charge in [-0.1, -0.05) is 6.07 Å². The van der Waals surface area contributed by atoms with Crippen LogP contribution in [0.2, 0.25) is 0 Å². The molecule has 1 aromatic carbocycles. The van der Waals surface area contributed by atoms with Crippen LogP contribution in [0.4, 0.5) is 5.69 Å². The molecule has 1 aromatic rings. The molecule has 102 valence electrons. The van der Waals surface area contributed by atoms with Crippen LogP contribution < -0.4 is 10.2 Å². The van der Waals surface area contributed by atoms with Crippen molar-refractivity contribution in [2.45, 2.75) is 0 Å². The molecule has 0 amide bonds. The number of nitriles is 1. The molecule has 0 unspecified atom stereocenters. The third-order valence-corrected chi connectivity index (χ3v) is 4.14. The Balaban J connectivity index is 1.98. The maximum absolute atomic E-state index is 9.24. The summed E-state index contributed by atoms with van der Waals surface area (Å²) in [7, 11) is 2.05.